The van der Waals surface area contributed by atoms with Crippen LogP contribution in [0.25, 0.3) is 10.4 Å². The van der Waals surface area contributed by atoms with E-state index < -0.39 is 36.8 Å². The van der Waals surface area contributed by atoms with Gasteiger partial charge in [-0.25, -0.2) is 10.4 Å². The van der Waals surface area contributed by atoms with Gasteiger partial charge in [-0.2, -0.15) is 0 Å². The summed E-state index contributed by atoms with van der Waals surface area (Å²) in [5, 5.41) is 31.3. The largest absolute Gasteiger partial charge is 0.494 e. The number of aliphatic imine (C=N–C) groups is 1. The number of carbonyl (C=O) groups excluding carboxylic acids is 1. The van der Waals surface area contributed by atoms with Crippen molar-refractivity contribution in [3.8, 4) is 5.75 Å². The molecule has 2 aromatic rings. The number of hydrogen-bond donors (Lipinski definition) is 5. The lowest BCUT2D eigenvalue weighted by molar-refractivity contribution is -0.129. The number of carbonyl (C=O) groups is 1. The Bertz CT molecular complexity index is 1100. The van der Waals surface area contributed by atoms with Crippen molar-refractivity contribution in [2.24, 2.45) is 10.1 Å². The fourth-order valence-corrected chi connectivity index (χ4v) is 3.66. The fourth-order valence-electron chi connectivity index (χ4n) is 3.66. The van der Waals surface area contributed by atoms with Crippen LogP contribution >= 0.6 is 0 Å². The third-order valence-electron chi connectivity index (χ3n) is 5.76. The normalized spacial score (nSPS) is 18.8. The van der Waals surface area contributed by atoms with E-state index in [-0.39, 0.29) is 18.9 Å². The van der Waals surface area contributed by atoms with Crippen molar-refractivity contribution in [2.75, 3.05) is 26.4 Å². The molecule has 1 aliphatic rings. The summed E-state index contributed by atoms with van der Waals surface area (Å²) in [6.07, 6.45) is -0.132. The molecule has 0 aliphatic carbocycles. The van der Waals surface area contributed by atoms with Gasteiger partial charge in [-0.3, -0.25) is 10.2 Å². The average molecular weight is 499 g/mol. The lowest BCUT2D eigenvalue weighted by Gasteiger charge is -2.29. The van der Waals surface area contributed by atoms with E-state index in [1.807, 2.05) is 0 Å². The molecule has 192 valence electrons. The summed E-state index contributed by atoms with van der Waals surface area (Å²) in [5.41, 5.74) is 14.3. The van der Waals surface area contributed by atoms with Crippen LogP contribution in [0, 0.1) is 0 Å². The van der Waals surface area contributed by atoms with Gasteiger partial charge in [-0.1, -0.05) is 29.4 Å². The molecule has 2 aromatic carbocycles. The Balaban J connectivity index is 1.94. The zero-order chi connectivity index (χ0) is 26.0. The summed E-state index contributed by atoms with van der Waals surface area (Å²) in [7, 11) is 0. The SMILES string of the molecule is C[C@@H]1OC(c2ccc(OCCCO)cc2)=N[C@]1(Cc1ccccc1N=[N+]=[N-])C(=O)NNC(CO)CO. The predicted molar refractivity (Wildman–Crippen MR) is 132 cm³/mol. The van der Waals surface area contributed by atoms with E-state index in [1.165, 1.54) is 0 Å². The van der Waals surface area contributed by atoms with E-state index in [1.54, 1.807) is 55.5 Å². The molecule has 0 spiro atoms. The van der Waals surface area contributed by atoms with Crippen LogP contribution in [0.1, 0.15) is 24.5 Å². The monoisotopic (exact) mass is 498 g/mol. The number of benzene rings is 2. The Morgan fingerprint density at radius 1 is 1.22 bits per heavy atom. The molecule has 12 heteroatoms. The van der Waals surface area contributed by atoms with Gasteiger partial charge in [0.05, 0.1) is 25.9 Å². The third kappa shape index (κ3) is 6.30. The number of amides is 1. The zero-order valence-electron chi connectivity index (χ0n) is 19.9. The van der Waals surface area contributed by atoms with E-state index in [2.05, 4.69) is 20.9 Å². The van der Waals surface area contributed by atoms with Crippen LogP contribution in [0.2, 0.25) is 0 Å². The molecule has 0 fully saturated rings. The van der Waals surface area contributed by atoms with E-state index in [0.717, 1.165) is 0 Å². The van der Waals surface area contributed by atoms with Crippen LogP contribution in [-0.2, 0) is 16.0 Å². The van der Waals surface area contributed by atoms with Gasteiger partial charge >= 0.3 is 0 Å². The predicted octanol–water partition coefficient (Wildman–Crippen LogP) is 1.51. The van der Waals surface area contributed by atoms with Crippen molar-refractivity contribution in [3.05, 3.63) is 70.1 Å². The highest BCUT2D eigenvalue weighted by Crippen LogP contribution is 2.35. The number of nitrogens with zero attached hydrogens (tertiary/aromatic N) is 4. The Morgan fingerprint density at radius 2 is 1.94 bits per heavy atom. The quantitative estimate of drug-likeness (QED) is 0.0912. The molecule has 0 unspecified atom stereocenters. The van der Waals surface area contributed by atoms with Gasteiger partial charge in [0.2, 0.25) is 5.90 Å². The van der Waals surface area contributed by atoms with Crippen LogP contribution in [-0.4, -0.2) is 71.2 Å². The minimum atomic E-state index is -1.45. The number of aliphatic hydroxyl groups excluding tert-OH is 3. The third-order valence-corrected chi connectivity index (χ3v) is 5.76. The van der Waals surface area contributed by atoms with Crippen LogP contribution < -0.4 is 15.6 Å². The van der Waals surface area contributed by atoms with Gasteiger partial charge in [0.15, 0.2) is 5.54 Å². The molecule has 0 aromatic heterocycles. The lowest BCUT2D eigenvalue weighted by Crippen LogP contribution is -2.58. The zero-order valence-corrected chi connectivity index (χ0v) is 19.9. The van der Waals surface area contributed by atoms with Gasteiger partial charge in [-0.05, 0) is 42.3 Å². The standard InChI is InChI=1S/C24H30N6O6/c1-16-24(23(34)29-27-19(14-32)15-33,13-18-5-2-3-6-21(18)28-30-25)26-22(36-16)17-7-9-20(10-8-17)35-12-4-11-31/h2-3,5-10,16,19,27,31-33H,4,11-15H2,1H3,(H,29,34)/t16-,24-/m0/s1. The molecule has 0 bridgehead atoms. The smallest absolute Gasteiger partial charge is 0.266 e. The first-order chi connectivity index (χ1) is 17.5. The summed E-state index contributed by atoms with van der Waals surface area (Å²) >= 11 is 0. The van der Waals surface area contributed by atoms with Gasteiger partial charge < -0.3 is 24.8 Å². The molecule has 0 saturated heterocycles. The second kappa shape index (κ2) is 12.9. The average Bonchev–Trinajstić information content (AvgIpc) is 3.23. The summed E-state index contributed by atoms with van der Waals surface area (Å²) in [6, 6.07) is 13.1. The van der Waals surface area contributed by atoms with E-state index in [0.29, 0.717) is 35.6 Å². The van der Waals surface area contributed by atoms with Gasteiger partial charge in [0.25, 0.3) is 5.91 Å². The summed E-state index contributed by atoms with van der Waals surface area (Å²) < 4.78 is 11.6. The summed E-state index contributed by atoms with van der Waals surface area (Å²) in [4.78, 5) is 21.1. The molecule has 1 aliphatic heterocycles. The maximum Gasteiger partial charge on any atom is 0.266 e. The maximum absolute atomic E-state index is 13.5. The Morgan fingerprint density at radius 3 is 2.61 bits per heavy atom. The topological polar surface area (TPSA) is 181 Å². The molecule has 0 saturated carbocycles. The molecule has 12 nitrogen and oxygen atoms in total. The Kier molecular flexibility index (Phi) is 9.62. The van der Waals surface area contributed by atoms with Crippen LogP contribution in [0.3, 0.4) is 0 Å². The first kappa shape index (κ1) is 26.9. The van der Waals surface area contributed by atoms with Crippen molar-refractivity contribution >= 4 is 17.5 Å². The number of hydrazine groups is 1. The second-order valence-corrected chi connectivity index (χ2v) is 8.21. The maximum atomic E-state index is 13.5. The highest BCUT2D eigenvalue weighted by molar-refractivity contribution is 6.00. The molecule has 1 heterocycles. The number of ether oxygens (including phenoxy) is 2. The number of hydrogen-bond acceptors (Lipinski definition) is 9. The highest BCUT2D eigenvalue weighted by Gasteiger charge is 2.50. The van der Waals surface area contributed by atoms with Gasteiger partial charge in [0, 0.05) is 35.6 Å². The second-order valence-electron chi connectivity index (χ2n) is 8.21. The summed E-state index contributed by atoms with van der Waals surface area (Å²) in [6.45, 7) is 1.36. The first-order valence-electron chi connectivity index (χ1n) is 11.5. The molecule has 0 radical (unpaired) electrons. The van der Waals surface area contributed by atoms with E-state index in [4.69, 9.17) is 25.1 Å². The molecular formula is C24H30N6O6. The van der Waals surface area contributed by atoms with Crippen molar-refractivity contribution < 1.29 is 29.6 Å². The van der Waals surface area contributed by atoms with Gasteiger partial charge in [-0.15, -0.1) is 0 Å². The number of nitrogens with one attached hydrogen (secondary N) is 2. The van der Waals surface area contributed by atoms with Crippen LogP contribution in [0.15, 0.2) is 58.6 Å². The van der Waals surface area contributed by atoms with Crippen molar-refractivity contribution in [1.29, 1.82) is 0 Å². The fraction of sp³-hybridized carbons (Fsp3) is 0.417. The number of aliphatic hydroxyl groups is 3. The van der Waals surface area contributed by atoms with Gasteiger partial charge in [0.1, 0.15) is 11.9 Å². The van der Waals surface area contributed by atoms with Crippen LogP contribution in [0.4, 0.5) is 5.69 Å². The minimum absolute atomic E-state index is 0.0415. The minimum Gasteiger partial charge on any atom is -0.494 e. The Labute approximate surface area is 208 Å². The van der Waals surface area contributed by atoms with E-state index >= 15 is 0 Å². The van der Waals surface area contributed by atoms with Crippen molar-refractivity contribution in [3.63, 3.8) is 0 Å². The molecule has 2 atom stereocenters. The Hall–Kier alpha value is -3.67. The molecule has 36 heavy (non-hydrogen) atoms. The molecule has 5 N–H and O–H groups in total. The summed E-state index contributed by atoms with van der Waals surface area (Å²) in [5.74, 6) is 0.327. The molecular weight excluding hydrogens is 468 g/mol. The van der Waals surface area contributed by atoms with Crippen molar-refractivity contribution in [1.82, 2.24) is 10.9 Å². The van der Waals surface area contributed by atoms with Crippen LogP contribution in [0.5, 0.6) is 5.75 Å². The first-order valence-corrected chi connectivity index (χ1v) is 11.5. The molecule has 3 rings (SSSR count). The van der Waals surface area contributed by atoms with Crippen molar-refractivity contribution in [2.45, 2.75) is 37.5 Å². The lowest BCUT2D eigenvalue weighted by atomic mass is 9.85. The number of rotatable bonds is 13. The molecule has 1 amide bonds. The van der Waals surface area contributed by atoms with E-state index in [9.17, 15) is 15.0 Å². The number of azide groups is 1. The highest BCUT2D eigenvalue weighted by atomic mass is 16.5.